The second kappa shape index (κ2) is 9.01. The van der Waals surface area contributed by atoms with Crippen molar-refractivity contribution in [2.75, 3.05) is 0 Å². The Bertz CT molecular complexity index is 1000. The van der Waals surface area contributed by atoms with E-state index in [0.717, 1.165) is 17.7 Å². The molecule has 0 fully saturated rings. The average molecular weight is 421 g/mol. The van der Waals surface area contributed by atoms with Crippen LogP contribution >= 0.6 is 11.6 Å². The SMILES string of the molecule is O=C(OCc1cccc(C(F)(F)F)c1)c1ccccc1OCc1ccccc1Cl. The lowest BCUT2D eigenvalue weighted by molar-refractivity contribution is -0.137. The normalized spacial score (nSPS) is 11.2. The zero-order valence-corrected chi connectivity index (χ0v) is 15.8. The van der Waals surface area contributed by atoms with E-state index >= 15 is 0 Å². The molecule has 0 spiro atoms. The Balaban J connectivity index is 1.68. The van der Waals surface area contributed by atoms with Crippen LogP contribution in [-0.4, -0.2) is 5.97 Å². The summed E-state index contributed by atoms with van der Waals surface area (Å²) in [6, 6.07) is 18.3. The third-order valence-corrected chi connectivity index (χ3v) is 4.44. The molecule has 3 aromatic rings. The largest absolute Gasteiger partial charge is 0.488 e. The molecule has 0 radical (unpaired) electrons. The molecule has 3 rings (SSSR count). The number of rotatable bonds is 6. The zero-order valence-electron chi connectivity index (χ0n) is 15.1. The Morgan fingerprint density at radius 2 is 1.62 bits per heavy atom. The quantitative estimate of drug-likeness (QED) is 0.439. The number of alkyl halides is 3. The monoisotopic (exact) mass is 420 g/mol. The van der Waals surface area contributed by atoms with Gasteiger partial charge in [-0.1, -0.05) is 54.1 Å². The van der Waals surface area contributed by atoms with Crippen LogP contribution in [0, 0.1) is 0 Å². The first-order valence-corrected chi connectivity index (χ1v) is 9.01. The molecule has 0 amide bonds. The molecule has 150 valence electrons. The number of para-hydroxylation sites is 1. The number of carbonyl (C=O) groups excluding carboxylic acids is 1. The van der Waals surface area contributed by atoms with Crippen LogP contribution in [0.15, 0.2) is 72.8 Å². The highest BCUT2D eigenvalue weighted by molar-refractivity contribution is 6.31. The standard InChI is InChI=1S/C22H16ClF3O3/c23-19-10-3-1-7-16(19)14-28-20-11-4-2-9-18(20)21(27)29-13-15-6-5-8-17(12-15)22(24,25)26/h1-12H,13-14H2. The van der Waals surface area contributed by atoms with Gasteiger partial charge in [0.15, 0.2) is 0 Å². The summed E-state index contributed by atoms with van der Waals surface area (Å²) in [5.41, 5.74) is 0.366. The van der Waals surface area contributed by atoms with Gasteiger partial charge in [0.25, 0.3) is 0 Å². The number of hydrogen-bond donors (Lipinski definition) is 0. The predicted octanol–water partition coefficient (Wildman–Crippen LogP) is 6.29. The summed E-state index contributed by atoms with van der Waals surface area (Å²) >= 11 is 6.10. The van der Waals surface area contributed by atoms with E-state index < -0.39 is 17.7 Å². The molecule has 0 saturated carbocycles. The molecule has 0 saturated heterocycles. The number of ether oxygens (including phenoxy) is 2. The highest BCUT2D eigenvalue weighted by Gasteiger charge is 2.30. The summed E-state index contributed by atoms with van der Waals surface area (Å²) in [6.07, 6.45) is -4.46. The molecule has 7 heteroatoms. The van der Waals surface area contributed by atoms with E-state index in [2.05, 4.69) is 0 Å². The third-order valence-electron chi connectivity index (χ3n) is 4.07. The summed E-state index contributed by atoms with van der Waals surface area (Å²) in [6.45, 7) is -0.140. The molecule has 0 unspecified atom stereocenters. The maximum absolute atomic E-state index is 12.8. The fourth-order valence-corrected chi connectivity index (χ4v) is 2.79. The van der Waals surface area contributed by atoms with Crippen molar-refractivity contribution < 1.29 is 27.4 Å². The van der Waals surface area contributed by atoms with Gasteiger partial charge < -0.3 is 9.47 Å². The Labute approximate surface area is 170 Å². The Morgan fingerprint density at radius 1 is 0.897 bits per heavy atom. The van der Waals surface area contributed by atoms with E-state index in [1.54, 1.807) is 36.4 Å². The van der Waals surface area contributed by atoms with Gasteiger partial charge in [0.2, 0.25) is 0 Å². The lowest BCUT2D eigenvalue weighted by Crippen LogP contribution is -2.09. The van der Waals surface area contributed by atoms with E-state index in [9.17, 15) is 18.0 Å². The van der Waals surface area contributed by atoms with Crippen molar-refractivity contribution in [1.82, 2.24) is 0 Å². The van der Waals surface area contributed by atoms with Gasteiger partial charge >= 0.3 is 12.1 Å². The first-order valence-electron chi connectivity index (χ1n) is 8.63. The van der Waals surface area contributed by atoms with Gasteiger partial charge in [0, 0.05) is 10.6 Å². The second-order valence-corrected chi connectivity index (χ2v) is 6.56. The van der Waals surface area contributed by atoms with Gasteiger partial charge in [-0.15, -0.1) is 0 Å². The Kier molecular flexibility index (Phi) is 6.44. The van der Waals surface area contributed by atoms with Crippen molar-refractivity contribution in [3.05, 3.63) is 100 Å². The lowest BCUT2D eigenvalue weighted by atomic mass is 10.1. The molecular weight excluding hydrogens is 405 g/mol. The fraction of sp³-hybridized carbons (Fsp3) is 0.136. The van der Waals surface area contributed by atoms with Crippen LogP contribution < -0.4 is 4.74 Å². The van der Waals surface area contributed by atoms with Crippen molar-refractivity contribution in [3.63, 3.8) is 0 Å². The zero-order chi connectivity index (χ0) is 20.9. The predicted molar refractivity (Wildman–Crippen MR) is 103 cm³/mol. The van der Waals surface area contributed by atoms with Gasteiger partial charge in [-0.3, -0.25) is 0 Å². The van der Waals surface area contributed by atoms with E-state index in [4.69, 9.17) is 21.1 Å². The van der Waals surface area contributed by atoms with E-state index in [1.807, 2.05) is 6.07 Å². The van der Waals surface area contributed by atoms with Crippen molar-refractivity contribution in [3.8, 4) is 5.75 Å². The van der Waals surface area contributed by atoms with Crippen LogP contribution in [0.2, 0.25) is 5.02 Å². The first kappa shape index (κ1) is 20.7. The summed E-state index contributed by atoms with van der Waals surface area (Å²) in [7, 11) is 0. The van der Waals surface area contributed by atoms with E-state index in [0.29, 0.717) is 10.8 Å². The number of carbonyl (C=O) groups is 1. The fourth-order valence-electron chi connectivity index (χ4n) is 2.60. The van der Waals surface area contributed by atoms with E-state index in [-0.39, 0.29) is 24.3 Å². The van der Waals surface area contributed by atoms with Gasteiger partial charge in [-0.25, -0.2) is 4.79 Å². The molecule has 0 bridgehead atoms. The van der Waals surface area contributed by atoms with Crippen molar-refractivity contribution in [2.24, 2.45) is 0 Å². The van der Waals surface area contributed by atoms with Crippen LogP contribution in [-0.2, 0) is 24.1 Å². The molecule has 3 nitrogen and oxygen atoms in total. The van der Waals surface area contributed by atoms with Gasteiger partial charge in [0.1, 0.15) is 24.5 Å². The summed E-state index contributed by atoms with van der Waals surface area (Å²) in [4.78, 5) is 12.4. The minimum Gasteiger partial charge on any atom is -0.488 e. The highest BCUT2D eigenvalue weighted by Crippen LogP contribution is 2.30. The molecule has 29 heavy (non-hydrogen) atoms. The van der Waals surface area contributed by atoms with Gasteiger partial charge in [-0.2, -0.15) is 13.2 Å². The second-order valence-electron chi connectivity index (χ2n) is 6.15. The Morgan fingerprint density at radius 3 is 2.38 bits per heavy atom. The number of halogens is 4. The number of hydrogen-bond acceptors (Lipinski definition) is 3. The van der Waals surface area contributed by atoms with Crippen LogP contribution in [0.3, 0.4) is 0 Å². The topological polar surface area (TPSA) is 35.5 Å². The third kappa shape index (κ3) is 5.51. The molecule has 0 aliphatic rings. The average Bonchev–Trinajstić information content (AvgIpc) is 2.71. The summed E-state index contributed by atoms with van der Waals surface area (Å²) in [5, 5.41) is 0.539. The molecule has 0 aromatic heterocycles. The maximum Gasteiger partial charge on any atom is 0.416 e. The van der Waals surface area contributed by atoms with Crippen molar-refractivity contribution in [2.45, 2.75) is 19.4 Å². The molecule has 0 atom stereocenters. The lowest BCUT2D eigenvalue weighted by Gasteiger charge is -2.12. The first-order chi connectivity index (χ1) is 13.8. The van der Waals surface area contributed by atoms with E-state index in [1.165, 1.54) is 18.2 Å². The summed E-state index contributed by atoms with van der Waals surface area (Å²) < 4.78 is 49.3. The Hall–Kier alpha value is -2.99. The number of benzene rings is 3. The van der Waals surface area contributed by atoms with Crippen LogP contribution in [0.25, 0.3) is 0 Å². The van der Waals surface area contributed by atoms with Crippen LogP contribution in [0.4, 0.5) is 13.2 Å². The highest BCUT2D eigenvalue weighted by atomic mass is 35.5. The molecule has 0 aliphatic carbocycles. The molecule has 0 heterocycles. The van der Waals surface area contributed by atoms with Crippen molar-refractivity contribution >= 4 is 17.6 Å². The molecule has 3 aromatic carbocycles. The van der Waals surface area contributed by atoms with Gasteiger partial charge in [-0.05, 0) is 35.9 Å². The van der Waals surface area contributed by atoms with Crippen LogP contribution in [0.5, 0.6) is 5.75 Å². The smallest absolute Gasteiger partial charge is 0.416 e. The van der Waals surface area contributed by atoms with Gasteiger partial charge in [0.05, 0.1) is 5.56 Å². The van der Waals surface area contributed by atoms with Crippen molar-refractivity contribution in [1.29, 1.82) is 0 Å². The summed E-state index contributed by atoms with van der Waals surface area (Å²) in [5.74, 6) is -0.404. The molecule has 0 N–H and O–H groups in total. The molecular formula is C22H16ClF3O3. The minimum atomic E-state index is -4.46. The molecule has 0 aliphatic heterocycles. The van der Waals surface area contributed by atoms with Crippen LogP contribution in [0.1, 0.15) is 27.0 Å². The minimum absolute atomic E-state index is 0.150. The number of esters is 1. The maximum atomic E-state index is 12.8.